The molecule has 6 heteroatoms. The van der Waals surface area contributed by atoms with Crippen LogP contribution < -0.4 is 5.73 Å². The van der Waals surface area contributed by atoms with Crippen molar-refractivity contribution in [3.63, 3.8) is 0 Å². The van der Waals surface area contributed by atoms with Crippen LogP contribution in [0.1, 0.15) is 38.1 Å². The number of halogens is 1. The zero-order valence-corrected chi connectivity index (χ0v) is 13.9. The molecule has 1 saturated heterocycles. The lowest BCUT2D eigenvalue weighted by molar-refractivity contribution is 0.284. The Labute approximate surface area is 128 Å². The Hall–Kier alpha value is -0.460. The van der Waals surface area contributed by atoms with E-state index < -0.39 is 0 Å². The SMILES string of the molecule is CCc1nn(CC)c(CN2CCCC2C(N)=S)c1Br. The first-order valence-electron chi connectivity index (χ1n) is 6.85. The Kier molecular flexibility index (Phi) is 4.97. The molecule has 0 amide bonds. The van der Waals surface area contributed by atoms with Crippen LogP contribution in [0.2, 0.25) is 0 Å². The Morgan fingerprint density at radius 3 is 2.84 bits per heavy atom. The predicted octanol–water partition coefficient (Wildman–Crippen LogP) is 2.48. The molecular weight excluding hydrogens is 324 g/mol. The lowest BCUT2D eigenvalue weighted by Gasteiger charge is -2.23. The number of thiocarbonyl (C=S) groups is 1. The summed E-state index contributed by atoms with van der Waals surface area (Å²) in [4.78, 5) is 2.99. The van der Waals surface area contributed by atoms with Crippen LogP contribution in [0.4, 0.5) is 0 Å². The monoisotopic (exact) mass is 344 g/mol. The summed E-state index contributed by atoms with van der Waals surface area (Å²) in [7, 11) is 0. The summed E-state index contributed by atoms with van der Waals surface area (Å²) >= 11 is 8.87. The van der Waals surface area contributed by atoms with Crippen molar-refractivity contribution in [3.8, 4) is 0 Å². The van der Waals surface area contributed by atoms with E-state index in [9.17, 15) is 0 Å². The lowest BCUT2D eigenvalue weighted by atomic mass is 10.2. The minimum Gasteiger partial charge on any atom is -0.392 e. The van der Waals surface area contributed by atoms with Crippen LogP contribution in [0.15, 0.2) is 4.47 Å². The van der Waals surface area contributed by atoms with Gasteiger partial charge in [-0.05, 0) is 48.7 Å². The topological polar surface area (TPSA) is 47.1 Å². The highest BCUT2D eigenvalue weighted by atomic mass is 79.9. The Morgan fingerprint density at radius 1 is 1.53 bits per heavy atom. The van der Waals surface area contributed by atoms with E-state index in [0.29, 0.717) is 4.99 Å². The molecule has 0 saturated carbocycles. The summed E-state index contributed by atoms with van der Waals surface area (Å²) in [5, 5.41) is 4.64. The summed E-state index contributed by atoms with van der Waals surface area (Å²) in [5.74, 6) is 0. The maximum Gasteiger partial charge on any atom is 0.0902 e. The Morgan fingerprint density at radius 2 is 2.26 bits per heavy atom. The molecule has 0 aliphatic carbocycles. The van der Waals surface area contributed by atoms with Crippen LogP contribution in [0.25, 0.3) is 0 Å². The molecule has 0 bridgehead atoms. The number of likely N-dealkylation sites (tertiary alicyclic amines) is 1. The normalized spacial score (nSPS) is 20.1. The zero-order chi connectivity index (χ0) is 14.0. The lowest BCUT2D eigenvalue weighted by Crippen LogP contribution is -2.39. The number of nitrogens with zero attached hydrogens (tertiary/aromatic N) is 3. The van der Waals surface area contributed by atoms with Crippen molar-refractivity contribution in [2.24, 2.45) is 5.73 Å². The third-order valence-electron chi connectivity index (χ3n) is 3.74. The molecule has 106 valence electrons. The molecule has 1 unspecified atom stereocenters. The summed E-state index contributed by atoms with van der Waals surface area (Å²) in [5.41, 5.74) is 8.20. The molecule has 19 heavy (non-hydrogen) atoms. The minimum absolute atomic E-state index is 0.243. The number of hydrogen-bond acceptors (Lipinski definition) is 3. The predicted molar refractivity (Wildman–Crippen MR) is 85.2 cm³/mol. The van der Waals surface area contributed by atoms with Crippen molar-refractivity contribution in [2.75, 3.05) is 6.54 Å². The molecule has 2 heterocycles. The average Bonchev–Trinajstić information content (AvgIpc) is 2.96. The number of nitrogens with two attached hydrogens (primary N) is 1. The molecule has 1 atom stereocenters. The second kappa shape index (κ2) is 6.33. The third-order valence-corrected chi connectivity index (χ3v) is 4.93. The van der Waals surface area contributed by atoms with Gasteiger partial charge in [-0.25, -0.2) is 0 Å². The highest BCUT2D eigenvalue weighted by Crippen LogP contribution is 2.27. The maximum atomic E-state index is 5.84. The van der Waals surface area contributed by atoms with Gasteiger partial charge in [0.25, 0.3) is 0 Å². The minimum atomic E-state index is 0.243. The molecular formula is C13H21BrN4S. The second-order valence-electron chi connectivity index (χ2n) is 4.91. The van der Waals surface area contributed by atoms with Gasteiger partial charge in [-0.3, -0.25) is 9.58 Å². The highest BCUT2D eigenvalue weighted by molar-refractivity contribution is 9.10. The molecule has 4 nitrogen and oxygen atoms in total. The number of aryl methyl sites for hydroxylation is 2. The molecule has 1 fully saturated rings. The van der Waals surface area contributed by atoms with Crippen LogP contribution in [-0.4, -0.2) is 32.3 Å². The van der Waals surface area contributed by atoms with Gasteiger partial charge in [0.05, 0.1) is 26.9 Å². The first-order valence-corrected chi connectivity index (χ1v) is 8.06. The van der Waals surface area contributed by atoms with Crippen LogP contribution in [-0.2, 0) is 19.5 Å². The van der Waals surface area contributed by atoms with Crippen LogP contribution >= 0.6 is 28.1 Å². The first-order chi connectivity index (χ1) is 9.08. The fraction of sp³-hybridized carbons (Fsp3) is 0.692. The average molecular weight is 345 g/mol. The van der Waals surface area contributed by atoms with E-state index in [4.69, 9.17) is 18.0 Å². The van der Waals surface area contributed by atoms with Gasteiger partial charge >= 0.3 is 0 Å². The van der Waals surface area contributed by atoms with E-state index >= 15 is 0 Å². The van der Waals surface area contributed by atoms with Crippen molar-refractivity contribution in [1.82, 2.24) is 14.7 Å². The smallest absolute Gasteiger partial charge is 0.0902 e. The molecule has 0 aromatic carbocycles. The molecule has 2 N–H and O–H groups in total. The molecule has 0 spiro atoms. The van der Waals surface area contributed by atoms with Gasteiger partial charge in [-0.2, -0.15) is 5.10 Å². The fourth-order valence-electron chi connectivity index (χ4n) is 2.70. The highest BCUT2D eigenvalue weighted by Gasteiger charge is 2.28. The van der Waals surface area contributed by atoms with Crippen molar-refractivity contribution in [1.29, 1.82) is 0 Å². The van der Waals surface area contributed by atoms with E-state index in [1.54, 1.807) is 0 Å². The van der Waals surface area contributed by atoms with Crippen LogP contribution in [0.5, 0.6) is 0 Å². The zero-order valence-electron chi connectivity index (χ0n) is 11.5. The van der Waals surface area contributed by atoms with Crippen molar-refractivity contribution in [3.05, 3.63) is 15.9 Å². The van der Waals surface area contributed by atoms with Gasteiger partial charge in [0.2, 0.25) is 0 Å². The standard InChI is InChI=1S/C13H21BrN4S/c1-3-9-12(14)11(18(4-2)16-9)8-17-7-5-6-10(17)13(15)19/h10H,3-8H2,1-2H3,(H2,15,19). The summed E-state index contributed by atoms with van der Waals surface area (Å²) in [6, 6.07) is 0.243. The summed E-state index contributed by atoms with van der Waals surface area (Å²) in [6.07, 6.45) is 3.19. The van der Waals surface area contributed by atoms with Crippen LogP contribution in [0.3, 0.4) is 0 Å². The molecule has 1 aromatic heterocycles. The van der Waals surface area contributed by atoms with E-state index in [0.717, 1.165) is 42.6 Å². The summed E-state index contributed by atoms with van der Waals surface area (Å²) < 4.78 is 3.23. The first kappa shape index (κ1) is 14.9. The van der Waals surface area contributed by atoms with Gasteiger partial charge < -0.3 is 5.73 Å². The van der Waals surface area contributed by atoms with Crippen molar-refractivity contribution in [2.45, 2.75) is 52.2 Å². The molecule has 0 radical (unpaired) electrons. The van der Waals surface area contributed by atoms with Crippen molar-refractivity contribution < 1.29 is 0 Å². The van der Waals surface area contributed by atoms with E-state index in [2.05, 4.69) is 44.5 Å². The van der Waals surface area contributed by atoms with Gasteiger partial charge in [0.15, 0.2) is 0 Å². The summed E-state index contributed by atoms with van der Waals surface area (Å²) in [6.45, 7) is 7.07. The Balaban J connectivity index is 2.23. The van der Waals surface area contributed by atoms with Crippen LogP contribution in [0, 0.1) is 0 Å². The molecule has 2 rings (SSSR count). The van der Waals surface area contributed by atoms with Gasteiger partial charge in [-0.15, -0.1) is 0 Å². The maximum absolute atomic E-state index is 5.84. The molecule has 1 aliphatic rings. The van der Waals surface area contributed by atoms with E-state index in [-0.39, 0.29) is 6.04 Å². The second-order valence-corrected chi connectivity index (χ2v) is 6.17. The molecule has 1 aliphatic heterocycles. The van der Waals surface area contributed by atoms with Gasteiger partial charge in [-0.1, -0.05) is 19.1 Å². The van der Waals surface area contributed by atoms with Crippen molar-refractivity contribution >= 4 is 33.1 Å². The van der Waals surface area contributed by atoms with E-state index in [1.165, 1.54) is 12.1 Å². The van der Waals surface area contributed by atoms with Gasteiger partial charge in [0, 0.05) is 13.1 Å². The van der Waals surface area contributed by atoms with E-state index in [1.807, 2.05) is 0 Å². The fourth-order valence-corrected chi connectivity index (χ4v) is 3.65. The quantitative estimate of drug-likeness (QED) is 0.833. The molecule has 1 aromatic rings. The largest absolute Gasteiger partial charge is 0.392 e. The number of hydrogen-bond donors (Lipinski definition) is 1. The Bertz CT molecular complexity index is 471. The number of rotatable bonds is 5. The van der Waals surface area contributed by atoms with Gasteiger partial charge in [0.1, 0.15) is 0 Å². The number of aromatic nitrogens is 2. The third kappa shape index (κ3) is 3.01.